The number of hydrogen-bond acceptors (Lipinski definition) is 1. The predicted molar refractivity (Wildman–Crippen MR) is 85.8 cm³/mol. The Kier molecular flexibility index (Phi) is 6.57. The molecule has 0 aromatic heterocycles. The Morgan fingerprint density at radius 2 is 1.53 bits per heavy atom. The first-order valence-corrected chi connectivity index (χ1v) is 7.84. The third kappa shape index (κ3) is 4.65. The van der Waals surface area contributed by atoms with Crippen molar-refractivity contribution in [1.82, 2.24) is 5.32 Å². The fourth-order valence-electron chi connectivity index (χ4n) is 2.96. The molecule has 0 heterocycles. The lowest BCUT2D eigenvalue weighted by Crippen LogP contribution is -2.41. The summed E-state index contributed by atoms with van der Waals surface area (Å²) in [5, 5.41) is 3.67. The summed E-state index contributed by atoms with van der Waals surface area (Å²) in [6.45, 7) is 12.3. The highest BCUT2D eigenvalue weighted by Crippen LogP contribution is 2.34. The molecule has 0 aliphatic heterocycles. The fraction of sp³-hybridized carbons (Fsp3) is 0.667. The van der Waals surface area contributed by atoms with E-state index in [9.17, 15) is 0 Å². The van der Waals surface area contributed by atoms with Crippen LogP contribution in [0.4, 0.5) is 0 Å². The monoisotopic (exact) mass is 261 g/mol. The van der Waals surface area contributed by atoms with Crippen LogP contribution in [-0.4, -0.2) is 12.6 Å². The summed E-state index contributed by atoms with van der Waals surface area (Å²) in [5.41, 5.74) is 3.17. The molecular weight excluding hydrogens is 230 g/mol. The van der Waals surface area contributed by atoms with E-state index in [1.54, 1.807) is 0 Å². The number of nitrogens with one attached hydrogen (secondary N) is 1. The van der Waals surface area contributed by atoms with Gasteiger partial charge in [-0.25, -0.2) is 0 Å². The molecule has 0 atom stereocenters. The van der Waals surface area contributed by atoms with Crippen molar-refractivity contribution in [3.8, 4) is 0 Å². The molecule has 0 unspecified atom stereocenters. The maximum absolute atomic E-state index is 3.67. The van der Waals surface area contributed by atoms with E-state index < -0.39 is 0 Å². The van der Waals surface area contributed by atoms with Crippen molar-refractivity contribution >= 4 is 0 Å². The van der Waals surface area contributed by atoms with Crippen molar-refractivity contribution in [1.29, 1.82) is 0 Å². The number of benzene rings is 1. The molecule has 1 rings (SSSR count). The Balaban J connectivity index is 3.02. The smallest absolute Gasteiger partial charge is 0.00776 e. The first-order chi connectivity index (χ1) is 9.04. The molecule has 1 aromatic rings. The maximum Gasteiger partial charge on any atom is 0.00776 e. The average molecular weight is 261 g/mol. The highest BCUT2D eigenvalue weighted by Gasteiger charge is 2.30. The van der Waals surface area contributed by atoms with Gasteiger partial charge >= 0.3 is 0 Å². The molecule has 0 aliphatic rings. The predicted octanol–water partition coefficient (Wildman–Crippen LogP) is 4.83. The van der Waals surface area contributed by atoms with Gasteiger partial charge in [0.2, 0.25) is 0 Å². The van der Waals surface area contributed by atoms with Crippen molar-refractivity contribution in [2.45, 2.75) is 71.8 Å². The third-order valence-corrected chi connectivity index (χ3v) is 3.97. The minimum absolute atomic E-state index is 0.307. The van der Waals surface area contributed by atoms with Gasteiger partial charge in [0.25, 0.3) is 0 Å². The van der Waals surface area contributed by atoms with E-state index in [1.807, 2.05) is 0 Å². The zero-order valence-electron chi connectivity index (χ0n) is 13.4. The van der Waals surface area contributed by atoms with Gasteiger partial charge in [-0.2, -0.15) is 0 Å². The zero-order chi connectivity index (χ0) is 14.3. The Bertz CT molecular complexity index is 344. The second-order valence-corrected chi connectivity index (χ2v) is 6.18. The van der Waals surface area contributed by atoms with E-state index in [2.05, 4.69) is 64.2 Å². The van der Waals surface area contributed by atoms with Gasteiger partial charge in [0.1, 0.15) is 0 Å². The number of rotatable bonds is 8. The van der Waals surface area contributed by atoms with E-state index >= 15 is 0 Å². The van der Waals surface area contributed by atoms with E-state index in [1.165, 1.54) is 36.8 Å². The first kappa shape index (κ1) is 16.2. The molecule has 0 spiro atoms. The average Bonchev–Trinajstić information content (AvgIpc) is 2.37. The van der Waals surface area contributed by atoms with Gasteiger partial charge in [-0.1, -0.05) is 70.4 Å². The summed E-state index contributed by atoms with van der Waals surface area (Å²) in [6, 6.07) is 9.74. The second kappa shape index (κ2) is 7.69. The Morgan fingerprint density at radius 3 is 1.95 bits per heavy atom. The minimum Gasteiger partial charge on any atom is -0.314 e. The maximum atomic E-state index is 3.67. The summed E-state index contributed by atoms with van der Waals surface area (Å²) in [4.78, 5) is 0. The molecule has 19 heavy (non-hydrogen) atoms. The van der Waals surface area contributed by atoms with E-state index in [-0.39, 0.29) is 0 Å². The molecule has 0 bridgehead atoms. The van der Waals surface area contributed by atoms with E-state index in [0.29, 0.717) is 11.5 Å². The SMILES string of the molecule is CCCC(CCC)(CNC(C)C)c1ccc(C)cc1. The molecule has 1 aromatic carbocycles. The molecule has 0 radical (unpaired) electrons. The van der Waals surface area contributed by atoms with Gasteiger partial charge in [-0.3, -0.25) is 0 Å². The van der Waals surface area contributed by atoms with E-state index in [0.717, 1.165) is 6.54 Å². The summed E-state index contributed by atoms with van der Waals surface area (Å²) in [7, 11) is 0. The van der Waals surface area contributed by atoms with Gasteiger partial charge in [-0.05, 0) is 25.3 Å². The fourth-order valence-corrected chi connectivity index (χ4v) is 2.96. The highest BCUT2D eigenvalue weighted by atomic mass is 14.9. The van der Waals surface area contributed by atoms with Crippen LogP contribution in [0.3, 0.4) is 0 Å². The van der Waals surface area contributed by atoms with Gasteiger partial charge < -0.3 is 5.32 Å². The van der Waals surface area contributed by atoms with Crippen LogP contribution in [0.25, 0.3) is 0 Å². The van der Waals surface area contributed by atoms with Crippen LogP contribution in [0.5, 0.6) is 0 Å². The summed E-state index contributed by atoms with van der Waals surface area (Å²) in [5.74, 6) is 0. The van der Waals surface area contributed by atoms with Gasteiger partial charge in [0.05, 0.1) is 0 Å². The summed E-state index contributed by atoms with van der Waals surface area (Å²) < 4.78 is 0. The van der Waals surface area contributed by atoms with Crippen molar-refractivity contribution in [3.63, 3.8) is 0 Å². The Morgan fingerprint density at radius 1 is 1.00 bits per heavy atom. The topological polar surface area (TPSA) is 12.0 Å². The molecule has 0 saturated heterocycles. The highest BCUT2D eigenvalue weighted by molar-refractivity contribution is 5.29. The van der Waals surface area contributed by atoms with Crippen LogP contribution < -0.4 is 5.32 Å². The molecule has 1 heteroatoms. The second-order valence-electron chi connectivity index (χ2n) is 6.18. The lowest BCUT2D eigenvalue weighted by atomic mass is 9.73. The third-order valence-electron chi connectivity index (χ3n) is 3.97. The molecule has 108 valence electrons. The molecule has 0 fully saturated rings. The number of aryl methyl sites for hydroxylation is 1. The molecular formula is C18H31N. The molecule has 0 saturated carbocycles. The van der Waals surface area contributed by atoms with Gasteiger partial charge in [-0.15, -0.1) is 0 Å². The first-order valence-electron chi connectivity index (χ1n) is 7.84. The van der Waals surface area contributed by atoms with Gasteiger partial charge in [0, 0.05) is 18.0 Å². The van der Waals surface area contributed by atoms with Crippen LogP contribution in [-0.2, 0) is 5.41 Å². The zero-order valence-corrected chi connectivity index (χ0v) is 13.4. The molecule has 1 N–H and O–H groups in total. The minimum atomic E-state index is 0.307. The van der Waals surface area contributed by atoms with E-state index in [4.69, 9.17) is 0 Å². The largest absolute Gasteiger partial charge is 0.314 e. The van der Waals surface area contributed by atoms with Crippen molar-refractivity contribution < 1.29 is 0 Å². The Hall–Kier alpha value is -0.820. The van der Waals surface area contributed by atoms with Crippen LogP contribution >= 0.6 is 0 Å². The molecule has 0 amide bonds. The van der Waals surface area contributed by atoms with Crippen LogP contribution in [0.15, 0.2) is 24.3 Å². The lowest BCUT2D eigenvalue weighted by Gasteiger charge is -2.35. The summed E-state index contributed by atoms with van der Waals surface area (Å²) in [6.07, 6.45) is 5.02. The number of hydrogen-bond donors (Lipinski definition) is 1. The van der Waals surface area contributed by atoms with Crippen molar-refractivity contribution in [3.05, 3.63) is 35.4 Å². The molecule has 1 nitrogen and oxygen atoms in total. The molecule has 0 aliphatic carbocycles. The van der Waals surface area contributed by atoms with Crippen LogP contribution in [0.1, 0.15) is 64.5 Å². The Labute approximate surface area is 119 Å². The van der Waals surface area contributed by atoms with Crippen LogP contribution in [0, 0.1) is 6.92 Å². The summed E-state index contributed by atoms with van der Waals surface area (Å²) >= 11 is 0. The lowest BCUT2D eigenvalue weighted by molar-refractivity contribution is 0.324. The van der Waals surface area contributed by atoms with Crippen LogP contribution in [0.2, 0.25) is 0 Å². The quantitative estimate of drug-likeness (QED) is 0.706. The standard InChI is InChI=1S/C18H31N/c1-6-12-18(13-7-2,14-19-15(3)4)17-10-8-16(5)9-11-17/h8-11,15,19H,6-7,12-14H2,1-5H3. The van der Waals surface area contributed by atoms with Gasteiger partial charge in [0.15, 0.2) is 0 Å². The van der Waals surface area contributed by atoms with Crippen molar-refractivity contribution in [2.75, 3.05) is 6.54 Å². The van der Waals surface area contributed by atoms with Crippen molar-refractivity contribution in [2.24, 2.45) is 0 Å². The normalized spacial score (nSPS) is 12.1.